The first-order valence-electron chi connectivity index (χ1n) is 9.91. The van der Waals surface area contributed by atoms with Crippen molar-refractivity contribution < 1.29 is 14.3 Å². The normalized spacial score (nSPS) is 19.1. The average molecular weight is 382 g/mol. The first-order chi connectivity index (χ1) is 13.0. The van der Waals surface area contributed by atoms with Gasteiger partial charge in [-0.3, -0.25) is 4.79 Å². The van der Waals surface area contributed by atoms with Crippen LogP contribution in [0.3, 0.4) is 0 Å². The third kappa shape index (κ3) is 4.67. The van der Waals surface area contributed by atoms with Gasteiger partial charge in [0.25, 0.3) is 5.91 Å². The SMILES string of the molecule is C[C@@H](Oc1ccc(C(C)(C)C)cc1)C(=O)N[C@@H]1CC(C)(C)Oc2ccccc21. The monoisotopic (exact) mass is 381 g/mol. The number of hydrogen-bond donors (Lipinski definition) is 1. The van der Waals surface area contributed by atoms with E-state index in [1.807, 2.05) is 50.2 Å². The van der Waals surface area contributed by atoms with E-state index in [-0.39, 0.29) is 23.0 Å². The predicted molar refractivity (Wildman–Crippen MR) is 112 cm³/mol. The van der Waals surface area contributed by atoms with E-state index in [4.69, 9.17) is 9.47 Å². The summed E-state index contributed by atoms with van der Waals surface area (Å²) in [5, 5.41) is 3.14. The minimum Gasteiger partial charge on any atom is -0.487 e. The van der Waals surface area contributed by atoms with Crippen LogP contribution in [-0.4, -0.2) is 17.6 Å². The fourth-order valence-electron chi connectivity index (χ4n) is 3.51. The van der Waals surface area contributed by atoms with E-state index in [1.54, 1.807) is 6.92 Å². The van der Waals surface area contributed by atoms with Gasteiger partial charge < -0.3 is 14.8 Å². The molecule has 0 aliphatic carbocycles. The Hall–Kier alpha value is -2.49. The highest BCUT2D eigenvalue weighted by molar-refractivity contribution is 5.81. The molecule has 4 nitrogen and oxygen atoms in total. The molecule has 2 aromatic rings. The summed E-state index contributed by atoms with van der Waals surface area (Å²) in [7, 11) is 0. The van der Waals surface area contributed by atoms with Crippen molar-refractivity contribution in [2.75, 3.05) is 0 Å². The molecule has 150 valence electrons. The maximum atomic E-state index is 12.8. The van der Waals surface area contributed by atoms with Crippen molar-refractivity contribution in [2.24, 2.45) is 0 Å². The molecular formula is C24H31NO3. The lowest BCUT2D eigenvalue weighted by Crippen LogP contribution is -2.44. The van der Waals surface area contributed by atoms with Crippen LogP contribution in [0, 0.1) is 0 Å². The van der Waals surface area contributed by atoms with Crippen molar-refractivity contribution in [3.8, 4) is 11.5 Å². The largest absolute Gasteiger partial charge is 0.487 e. The average Bonchev–Trinajstić information content (AvgIpc) is 2.60. The number of benzene rings is 2. The Bertz CT molecular complexity index is 834. The smallest absolute Gasteiger partial charge is 0.261 e. The van der Waals surface area contributed by atoms with Gasteiger partial charge in [-0.15, -0.1) is 0 Å². The van der Waals surface area contributed by atoms with E-state index in [0.29, 0.717) is 12.2 Å². The van der Waals surface area contributed by atoms with E-state index in [2.05, 4.69) is 38.2 Å². The summed E-state index contributed by atoms with van der Waals surface area (Å²) in [6, 6.07) is 15.7. The minimum absolute atomic E-state index is 0.0881. The van der Waals surface area contributed by atoms with E-state index >= 15 is 0 Å². The number of ether oxygens (including phenoxy) is 2. The summed E-state index contributed by atoms with van der Waals surface area (Å²) in [5.41, 5.74) is 2.00. The molecule has 2 aromatic carbocycles. The number of rotatable bonds is 4. The molecule has 0 unspecified atom stereocenters. The molecule has 1 amide bonds. The van der Waals surface area contributed by atoms with Crippen LogP contribution >= 0.6 is 0 Å². The van der Waals surface area contributed by atoms with Crippen LogP contribution in [0.1, 0.15) is 65.1 Å². The van der Waals surface area contributed by atoms with Crippen LogP contribution in [0.25, 0.3) is 0 Å². The molecular weight excluding hydrogens is 350 g/mol. The third-order valence-corrected chi connectivity index (χ3v) is 5.10. The lowest BCUT2D eigenvalue weighted by molar-refractivity contribution is -0.128. The molecule has 4 heteroatoms. The van der Waals surface area contributed by atoms with Gasteiger partial charge in [-0.05, 0) is 49.9 Å². The van der Waals surface area contributed by atoms with E-state index in [1.165, 1.54) is 5.56 Å². The molecule has 0 bridgehead atoms. The number of hydrogen-bond acceptors (Lipinski definition) is 3. The number of para-hydroxylation sites is 1. The van der Waals surface area contributed by atoms with Crippen molar-refractivity contribution in [3.63, 3.8) is 0 Å². The van der Waals surface area contributed by atoms with Crippen molar-refractivity contribution in [3.05, 3.63) is 59.7 Å². The first-order valence-corrected chi connectivity index (χ1v) is 9.91. The Morgan fingerprint density at radius 1 is 1.14 bits per heavy atom. The summed E-state index contributed by atoms with van der Waals surface area (Å²) in [5.74, 6) is 1.40. The molecule has 0 fully saturated rings. The highest BCUT2D eigenvalue weighted by Gasteiger charge is 2.35. The lowest BCUT2D eigenvalue weighted by Gasteiger charge is -2.38. The molecule has 3 rings (SSSR count). The zero-order valence-electron chi connectivity index (χ0n) is 17.7. The van der Waals surface area contributed by atoms with Gasteiger partial charge in [-0.1, -0.05) is 51.1 Å². The zero-order chi connectivity index (χ0) is 20.5. The second-order valence-electron chi connectivity index (χ2n) is 9.20. The van der Waals surface area contributed by atoms with Crippen LogP contribution in [-0.2, 0) is 10.2 Å². The second kappa shape index (κ2) is 7.50. The van der Waals surface area contributed by atoms with Crippen molar-refractivity contribution in [1.82, 2.24) is 5.32 Å². The van der Waals surface area contributed by atoms with Crippen molar-refractivity contribution >= 4 is 5.91 Å². The van der Waals surface area contributed by atoms with Gasteiger partial charge in [-0.2, -0.15) is 0 Å². The maximum Gasteiger partial charge on any atom is 0.261 e. The first kappa shape index (κ1) is 20.2. The van der Waals surface area contributed by atoms with Gasteiger partial charge in [0.1, 0.15) is 17.1 Å². The van der Waals surface area contributed by atoms with Gasteiger partial charge in [0.05, 0.1) is 6.04 Å². The van der Waals surface area contributed by atoms with E-state index in [9.17, 15) is 4.79 Å². The van der Waals surface area contributed by atoms with Gasteiger partial charge in [0.2, 0.25) is 0 Å². The summed E-state index contributed by atoms with van der Waals surface area (Å²) in [6.45, 7) is 12.4. The summed E-state index contributed by atoms with van der Waals surface area (Å²) in [6.07, 6.45) is 0.126. The molecule has 0 saturated heterocycles. The molecule has 1 aliphatic rings. The number of amides is 1. The maximum absolute atomic E-state index is 12.8. The molecule has 1 heterocycles. The van der Waals surface area contributed by atoms with E-state index < -0.39 is 6.10 Å². The molecule has 0 aromatic heterocycles. The topological polar surface area (TPSA) is 47.6 Å². The second-order valence-corrected chi connectivity index (χ2v) is 9.20. The van der Waals surface area contributed by atoms with Gasteiger partial charge >= 0.3 is 0 Å². The van der Waals surface area contributed by atoms with Crippen LogP contribution in [0.2, 0.25) is 0 Å². The quantitative estimate of drug-likeness (QED) is 0.795. The van der Waals surface area contributed by atoms with Crippen LogP contribution < -0.4 is 14.8 Å². The standard InChI is InChI=1S/C24H31NO3/c1-16(27-18-13-11-17(12-14-18)23(2,3)4)22(26)25-20-15-24(5,6)28-21-10-8-7-9-19(20)21/h7-14,16,20H,15H2,1-6H3,(H,25,26)/t16-,20-/m1/s1. The molecule has 0 spiro atoms. The van der Waals surface area contributed by atoms with Gasteiger partial charge in [0, 0.05) is 12.0 Å². The van der Waals surface area contributed by atoms with E-state index in [0.717, 1.165) is 11.3 Å². The molecule has 1 N–H and O–H groups in total. The zero-order valence-corrected chi connectivity index (χ0v) is 17.7. The predicted octanol–water partition coefficient (Wildman–Crippen LogP) is 5.17. The number of nitrogens with one attached hydrogen (secondary N) is 1. The Labute approximate surface area is 168 Å². The number of carbonyl (C=O) groups excluding carboxylic acids is 1. The molecule has 0 radical (unpaired) electrons. The van der Waals surface area contributed by atoms with Crippen molar-refractivity contribution in [2.45, 2.75) is 71.1 Å². The molecule has 2 atom stereocenters. The van der Waals surface area contributed by atoms with Crippen LogP contribution in [0.4, 0.5) is 0 Å². The minimum atomic E-state index is -0.585. The van der Waals surface area contributed by atoms with Crippen LogP contribution in [0.15, 0.2) is 48.5 Å². The summed E-state index contributed by atoms with van der Waals surface area (Å²) in [4.78, 5) is 12.8. The highest BCUT2D eigenvalue weighted by atomic mass is 16.5. The lowest BCUT2D eigenvalue weighted by atomic mass is 9.87. The Morgan fingerprint density at radius 2 is 1.79 bits per heavy atom. The highest BCUT2D eigenvalue weighted by Crippen LogP contribution is 2.39. The van der Waals surface area contributed by atoms with Crippen molar-refractivity contribution in [1.29, 1.82) is 0 Å². The Balaban J connectivity index is 1.67. The third-order valence-electron chi connectivity index (χ3n) is 5.10. The summed E-state index contributed by atoms with van der Waals surface area (Å²) >= 11 is 0. The number of fused-ring (bicyclic) bond motifs is 1. The van der Waals surface area contributed by atoms with Gasteiger partial charge in [-0.25, -0.2) is 0 Å². The van der Waals surface area contributed by atoms with Gasteiger partial charge in [0.15, 0.2) is 6.10 Å². The fraction of sp³-hybridized carbons (Fsp3) is 0.458. The number of carbonyl (C=O) groups is 1. The van der Waals surface area contributed by atoms with Crippen LogP contribution in [0.5, 0.6) is 11.5 Å². The Kier molecular flexibility index (Phi) is 5.42. The Morgan fingerprint density at radius 3 is 2.43 bits per heavy atom. The fourth-order valence-corrected chi connectivity index (χ4v) is 3.51. The summed E-state index contributed by atoms with van der Waals surface area (Å²) < 4.78 is 11.9. The molecule has 28 heavy (non-hydrogen) atoms. The molecule has 0 saturated carbocycles. The molecule has 1 aliphatic heterocycles.